The lowest BCUT2D eigenvalue weighted by Gasteiger charge is -2.41. The van der Waals surface area contributed by atoms with Crippen molar-refractivity contribution >= 4 is 16.8 Å². The van der Waals surface area contributed by atoms with Gasteiger partial charge in [0.15, 0.2) is 0 Å². The third-order valence-electron chi connectivity index (χ3n) is 8.68. The van der Waals surface area contributed by atoms with E-state index in [1.807, 2.05) is 31.3 Å². The smallest absolute Gasteiger partial charge is 0.255 e. The molecule has 3 fully saturated rings. The highest BCUT2D eigenvalue weighted by Crippen LogP contribution is 2.36. The topological polar surface area (TPSA) is 45.6 Å². The first-order chi connectivity index (χ1) is 15.9. The largest absolute Gasteiger partial charge is 0.331 e. The molecular weight excluding hydrogens is 410 g/mol. The van der Waals surface area contributed by atoms with Crippen molar-refractivity contribution in [2.24, 2.45) is 18.9 Å². The van der Waals surface area contributed by atoms with Crippen LogP contribution in [0.5, 0.6) is 0 Å². The number of carbonyl (C=O) groups excluding carboxylic acids is 1. The Bertz CT molecular complexity index is 1070. The van der Waals surface area contributed by atoms with E-state index in [0.717, 1.165) is 67.6 Å². The van der Waals surface area contributed by atoms with Gasteiger partial charge >= 0.3 is 0 Å². The predicted octanol–water partition coefficient (Wildman–Crippen LogP) is 4.71. The molecule has 1 unspecified atom stereocenters. The number of aromatic nitrogens is 1. The van der Waals surface area contributed by atoms with Crippen LogP contribution in [0.2, 0.25) is 0 Å². The van der Waals surface area contributed by atoms with Crippen LogP contribution in [-0.4, -0.2) is 45.4 Å². The Hall–Kier alpha value is -2.14. The van der Waals surface area contributed by atoms with Crippen LogP contribution >= 0.6 is 0 Å². The Kier molecular flexibility index (Phi) is 6.34. The minimum absolute atomic E-state index is 0.0167. The maximum absolute atomic E-state index is 13.9. The van der Waals surface area contributed by atoms with Gasteiger partial charge in [0.05, 0.1) is 17.6 Å². The summed E-state index contributed by atoms with van der Waals surface area (Å²) in [6.07, 6.45) is 10.6. The third-order valence-corrected chi connectivity index (χ3v) is 8.68. The van der Waals surface area contributed by atoms with Crippen LogP contribution in [0.25, 0.3) is 10.9 Å². The normalized spacial score (nSPS) is 24.8. The number of rotatable bonds is 6. The first kappa shape index (κ1) is 22.6. The molecule has 5 rings (SSSR count). The zero-order chi connectivity index (χ0) is 23.0. The van der Waals surface area contributed by atoms with E-state index in [9.17, 15) is 9.59 Å². The molecule has 178 valence electrons. The van der Waals surface area contributed by atoms with Crippen molar-refractivity contribution in [1.29, 1.82) is 0 Å². The van der Waals surface area contributed by atoms with Crippen molar-refractivity contribution < 1.29 is 4.79 Å². The van der Waals surface area contributed by atoms with Gasteiger partial charge in [-0.2, -0.15) is 0 Å². The van der Waals surface area contributed by atoms with Crippen molar-refractivity contribution in [3.63, 3.8) is 0 Å². The van der Waals surface area contributed by atoms with Gasteiger partial charge in [-0.3, -0.25) is 9.59 Å². The van der Waals surface area contributed by atoms with E-state index in [0.29, 0.717) is 6.54 Å². The summed E-state index contributed by atoms with van der Waals surface area (Å²) in [7, 11) is 1.85. The number of hydrogen-bond donors (Lipinski definition) is 0. The molecule has 2 aliphatic carbocycles. The fourth-order valence-corrected chi connectivity index (χ4v) is 6.33. The number of likely N-dealkylation sites (tertiary alicyclic amines) is 1. The van der Waals surface area contributed by atoms with Gasteiger partial charge in [0.1, 0.15) is 0 Å². The molecule has 3 aliphatic rings. The van der Waals surface area contributed by atoms with E-state index in [1.165, 1.54) is 32.2 Å². The van der Waals surface area contributed by atoms with Gasteiger partial charge in [-0.15, -0.1) is 0 Å². The predicted molar refractivity (Wildman–Crippen MR) is 133 cm³/mol. The second-order valence-electron chi connectivity index (χ2n) is 11.1. The molecule has 2 aromatic rings. The Labute approximate surface area is 197 Å². The summed E-state index contributed by atoms with van der Waals surface area (Å²) in [6, 6.07) is 10.0. The van der Waals surface area contributed by atoms with Gasteiger partial charge in [0, 0.05) is 38.2 Å². The number of para-hydroxylation sites is 1. The fourth-order valence-electron chi connectivity index (χ4n) is 6.33. The molecule has 1 atom stereocenters. The fraction of sp³-hybridized carbons (Fsp3) is 0.643. The number of pyridine rings is 1. The summed E-state index contributed by atoms with van der Waals surface area (Å²) in [6.45, 7) is 5.83. The number of aryl methyl sites for hydroxylation is 1. The second kappa shape index (κ2) is 9.25. The molecule has 0 bridgehead atoms. The monoisotopic (exact) mass is 449 g/mol. The molecule has 5 heteroatoms. The molecule has 2 heterocycles. The van der Waals surface area contributed by atoms with Crippen LogP contribution in [0.3, 0.4) is 0 Å². The van der Waals surface area contributed by atoms with Gasteiger partial charge in [-0.05, 0) is 62.5 Å². The molecule has 0 N–H and O–H groups in total. The molecule has 0 radical (unpaired) electrons. The third kappa shape index (κ3) is 4.49. The quantitative estimate of drug-likeness (QED) is 0.641. The highest BCUT2D eigenvalue weighted by molar-refractivity contribution is 5.81. The number of amides is 1. The molecule has 2 saturated carbocycles. The molecule has 1 aromatic heterocycles. The van der Waals surface area contributed by atoms with Crippen molar-refractivity contribution in [3.05, 3.63) is 46.2 Å². The van der Waals surface area contributed by atoms with Crippen molar-refractivity contribution in [2.75, 3.05) is 19.6 Å². The van der Waals surface area contributed by atoms with Crippen LogP contribution < -0.4 is 5.56 Å². The number of carbonyl (C=O) groups is 1. The Morgan fingerprint density at radius 3 is 2.58 bits per heavy atom. The summed E-state index contributed by atoms with van der Waals surface area (Å²) in [5.41, 5.74) is 1.48. The minimum atomic E-state index is -0.213. The average molecular weight is 450 g/mol. The maximum Gasteiger partial charge on any atom is 0.255 e. The molecule has 1 saturated heterocycles. The molecule has 5 nitrogen and oxygen atoms in total. The van der Waals surface area contributed by atoms with E-state index < -0.39 is 0 Å². The highest BCUT2D eigenvalue weighted by atomic mass is 16.2. The molecule has 1 aliphatic heterocycles. The van der Waals surface area contributed by atoms with Crippen LogP contribution in [-0.2, 0) is 18.4 Å². The summed E-state index contributed by atoms with van der Waals surface area (Å²) in [5, 5.41) is 1.06. The zero-order valence-corrected chi connectivity index (χ0v) is 20.4. The summed E-state index contributed by atoms with van der Waals surface area (Å²) in [4.78, 5) is 31.9. The molecule has 1 amide bonds. The van der Waals surface area contributed by atoms with E-state index in [2.05, 4.69) is 22.8 Å². The van der Waals surface area contributed by atoms with Crippen molar-refractivity contribution in [1.82, 2.24) is 14.4 Å². The maximum atomic E-state index is 13.9. The second-order valence-corrected chi connectivity index (χ2v) is 11.1. The van der Waals surface area contributed by atoms with E-state index in [4.69, 9.17) is 0 Å². The number of hydrogen-bond acceptors (Lipinski definition) is 3. The Morgan fingerprint density at radius 1 is 1.09 bits per heavy atom. The SMILES string of the molecule is Cn1c(=O)c(CN(C(=O)C2CCCCC2)C2(C)CCN(CC3CCC3)C2)cc2ccccc21. The average Bonchev–Trinajstić information content (AvgIpc) is 3.19. The van der Waals surface area contributed by atoms with Gasteiger partial charge < -0.3 is 14.4 Å². The van der Waals surface area contributed by atoms with Crippen LogP contribution in [0.15, 0.2) is 35.1 Å². The van der Waals surface area contributed by atoms with Crippen LogP contribution in [0.4, 0.5) is 0 Å². The summed E-state index contributed by atoms with van der Waals surface area (Å²) >= 11 is 0. The Morgan fingerprint density at radius 2 is 1.85 bits per heavy atom. The molecule has 0 spiro atoms. The van der Waals surface area contributed by atoms with Crippen molar-refractivity contribution in [3.8, 4) is 0 Å². The van der Waals surface area contributed by atoms with Gasteiger partial charge in [0.25, 0.3) is 5.56 Å². The van der Waals surface area contributed by atoms with E-state index in [1.54, 1.807) is 4.57 Å². The number of nitrogens with zero attached hydrogens (tertiary/aromatic N) is 3. The highest BCUT2D eigenvalue weighted by Gasteiger charge is 2.44. The Balaban J connectivity index is 1.45. The van der Waals surface area contributed by atoms with Gasteiger partial charge in [0.2, 0.25) is 5.91 Å². The lowest BCUT2D eigenvalue weighted by molar-refractivity contribution is -0.143. The standard InChI is InChI=1S/C28H39N3O2/c1-28(15-16-30(20-28)18-21-9-8-10-21)31(27(33)22-11-4-3-5-12-22)19-24-17-23-13-6-7-14-25(23)29(2)26(24)32/h6-7,13-14,17,21-22H,3-5,8-12,15-16,18-20H2,1-2H3. The lowest BCUT2D eigenvalue weighted by Crippen LogP contribution is -2.54. The number of benzene rings is 1. The first-order valence-corrected chi connectivity index (χ1v) is 13.1. The van der Waals surface area contributed by atoms with Crippen molar-refractivity contribution in [2.45, 2.75) is 76.8 Å². The molecular formula is C28H39N3O2. The molecule has 1 aromatic carbocycles. The summed E-state index contributed by atoms with van der Waals surface area (Å²) < 4.78 is 1.74. The van der Waals surface area contributed by atoms with Gasteiger partial charge in [-0.25, -0.2) is 0 Å². The zero-order valence-electron chi connectivity index (χ0n) is 20.4. The van der Waals surface area contributed by atoms with Crippen LogP contribution in [0.1, 0.15) is 70.3 Å². The van der Waals surface area contributed by atoms with E-state index >= 15 is 0 Å². The first-order valence-electron chi connectivity index (χ1n) is 13.1. The lowest BCUT2D eigenvalue weighted by atomic mass is 9.85. The number of fused-ring (bicyclic) bond motifs is 1. The minimum Gasteiger partial charge on any atom is -0.331 e. The van der Waals surface area contributed by atoms with Gasteiger partial charge in [-0.1, -0.05) is 43.9 Å². The summed E-state index contributed by atoms with van der Waals surface area (Å²) in [5.74, 6) is 1.22. The van der Waals surface area contributed by atoms with Crippen LogP contribution in [0, 0.1) is 11.8 Å². The van der Waals surface area contributed by atoms with E-state index in [-0.39, 0.29) is 22.9 Å². The molecule has 33 heavy (non-hydrogen) atoms.